The second-order valence-corrected chi connectivity index (χ2v) is 4.53. The van der Waals surface area contributed by atoms with Gasteiger partial charge in [-0.1, -0.05) is 0 Å². The molecule has 0 unspecified atom stereocenters. The Hall–Kier alpha value is -1.78. The summed E-state index contributed by atoms with van der Waals surface area (Å²) in [6.07, 6.45) is 2.56. The van der Waals surface area contributed by atoms with Crippen LogP contribution < -0.4 is 11.1 Å². The average molecular weight is 223 g/mol. The Bertz CT molecular complexity index is 397. The third-order valence-electron chi connectivity index (χ3n) is 1.89. The molecule has 1 amide bonds. The number of anilines is 2. The van der Waals surface area contributed by atoms with Crippen molar-refractivity contribution >= 4 is 17.5 Å². The van der Waals surface area contributed by atoms with Crippen LogP contribution in [0.5, 0.6) is 0 Å². The smallest absolute Gasteiger partial charge is 0.412 e. The molecule has 3 N–H and O–H groups in total. The second-order valence-electron chi connectivity index (χ2n) is 4.53. The van der Waals surface area contributed by atoms with Gasteiger partial charge in [0.2, 0.25) is 0 Å². The lowest BCUT2D eigenvalue weighted by atomic mass is 10.2. The summed E-state index contributed by atoms with van der Waals surface area (Å²) < 4.78 is 5.12. The summed E-state index contributed by atoms with van der Waals surface area (Å²) in [6, 6.07) is 0. The van der Waals surface area contributed by atoms with Gasteiger partial charge in [0.1, 0.15) is 5.60 Å². The molecule has 0 aliphatic carbocycles. The normalized spacial score (nSPS) is 11.0. The number of hydrogen-bond acceptors (Lipinski definition) is 4. The largest absolute Gasteiger partial charge is 0.444 e. The van der Waals surface area contributed by atoms with Gasteiger partial charge in [-0.3, -0.25) is 10.3 Å². The summed E-state index contributed by atoms with van der Waals surface area (Å²) in [5.41, 5.74) is 7.03. The van der Waals surface area contributed by atoms with Crippen LogP contribution >= 0.6 is 0 Å². The van der Waals surface area contributed by atoms with Gasteiger partial charge in [0.15, 0.2) is 0 Å². The van der Waals surface area contributed by atoms with Crippen LogP contribution in [-0.4, -0.2) is 16.7 Å². The fourth-order valence-corrected chi connectivity index (χ4v) is 1.08. The van der Waals surface area contributed by atoms with Crippen molar-refractivity contribution < 1.29 is 9.53 Å². The Morgan fingerprint density at radius 3 is 2.62 bits per heavy atom. The van der Waals surface area contributed by atoms with E-state index in [0.29, 0.717) is 11.4 Å². The first-order chi connectivity index (χ1) is 7.29. The number of pyridine rings is 1. The van der Waals surface area contributed by atoms with Gasteiger partial charge in [-0.05, 0) is 33.3 Å². The first-order valence-electron chi connectivity index (χ1n) is 4.99. The van der Waals surface area contributed by atoms with Crippen LogP contribution in [0.15, 0.2) is 12.4 Å². The molecule has 5 nitrogen and oxygen atoms in total. The van der Waals surface area contributed by atoms with Crippen LogP contribution in [0.1, 0.15) is 26.3 Å². The van der Waals surface area contributed by atoms with E-state index in [4.69, 9.17) is 10.5 Å². The van der Waals surface area contributed by atoms with Gasteiger partial charge < -0.3 is 10.5 Å². The number of nitrogen functional groups attached to an aromatic ring is 1. The Labute approximate surface area is 95.0 Å². The summed E-state index contributed by atoms with van der Waals surface area (Å²) in [6.45, 7) is 7.22. The summed E-state index contributed by atoms with van der Waals surface area (Å²) >= 11 is 0. The van der Waals surface area contributed by atoms with E-state index in [9.17, 15) is 4.79 Å². The van der Waals surface area contributed by atoms with Crippen molar-refractivity contribution in [1.29, 1.82) is 0 Å². The van der Waals surface area contributed by atoms with Gasteiger partial charge in [-0.25, -0.2) is 4.79 Å². The zero-order valence-corrected chi connectivity index (χ0v) is 10.00. The van der Waals surface area contributed by atoms with E-state index in [1.54, 1.807) is 20.8 Å². The maximum atomic E-state index is 11.5. The number of ether oxygens (including phenoxy) is 1. The van der Waals surface area contributed by atoms with Crippen molar-refractivity contribution in [1.82, 2.24) is 4.98 Å². The molecule has 1 rings (SSSR count). The highest BCUT2D eigenvalue weighted by molar-refractivity contribution is 5.86. The van der Waals surface area contributed by atoms with Crippen molar-refractivity contribution in [2.45, 2.75) is 33.3 Å². The summed E-state index contributed by atoms with van der Waals surface area (Å²) in [7, 11) is 0. The number of nitrogens with zero attached hydrogens (tertiary/aromatic N) is 1. The molecule has 88 valence electrons. The van der Waals surface area contributed by atoms with Crippen molar-refractivity contribution in [2.75, 3.05) is 11.1 Å². The number of aromatic nitrogens is 1. The molecule has 0 aliphatic rings. The highest BCUT2D eigenvalue weighted by Gasteiger charge is 2.17. The number of amides is 1. The molecule has 1 heterocycles. The van der Waals surface area contributed by atoms with Crippen LogP contribution in [0.25, 0.3) is 0 Å². The van der Waals surface area contributed by atoms with Gasteiger partial charge in [-0.15, -0.1) is 0 Å². The molecular weight excluding hydrogens is 206 g/mol. The minimum atomic E-state index is -0.522. The van der Waals surface area contributed by atoms with Crippen molar-refractivity contribution in [3.63, 3.8) is 0 Å². The van der Waals surface area contributed by atoms with Gasteiger partial charge in [-0.2, -0.15) is 0 Å². The van der Waals surface area contributed by atoms with Crippen LogP contribution in [0, 0.1) is 6.92 Å². The third kappa shape index (κ3) is 3.42. The molecular formula is C11H17N3O2. The zero-order valence-electron chi connectivity index (χ0n) is 10.00. The molecule has 1 aromatic heterocycles. The SMILES string of the molecule is Cc1c(N)cncc1NC(=O)OC(C)(C)C. The monoisotopic (exact) mass is 223 g/mol. The molecule has 0 saturated carbocycles. The summed E-state index contributed by atoms with van der Waals surface area (Å²) in [5.74, 6) is 0. The molecule has 0 spiro atoms. The fourth-order valence-electron chi connectivity index (χ4n) is 1.08. The van der Waals surface area contributed by atoms with E-state index in [1.165, 1.54) is 12.4 Å². The van der Waals surface area contributed by atoms with Crippen LogP contribution in [0.2, 0.25) is 0 Å². The molecule has 0 radical (unpaired) electrons. The predicted molar refractivity (Wildman–Crippen MR) is 63.2 cm³/mol. The molecule has 5 heteroatoms. The molecule has 0 atom stereocenters. The Balaban J connectivity index is 2.74. The number of nitrogens with two attached hydrogens (primary N) is 1. The molecule has 16 heavy (non-hydrogen) atoms. The van der Waals surface area contributed by atoms with E-state index in [1.807, 2.05) is 6.92 Å². The van der Waals surface area contributed by atoms with Gasteiger partial charge in [0.25, 0.3) is 0 Å². The minimum absolute atomic E-state index is 0.511. The minimum Gasteiger partial charge on any atom is -0.444 e. The first-order valence-corrected chi connectivity index (χ1v) is 4.99. The lowest BCUT2D eigenvalue weighted by Crippen LogP contribution is -2.27. The molecule has 0 saturated heterocycles. The van der Waals surface area contributed by atoms with Crippen molar-refractivity contribution in [3.05, 3.63) is 18.0 Å². The van der Waals surface area contributed by atoms with E-state index >= 15 is 0 Å². The average Bonchev–Trinajstić information content (AvgIpc) is 2.09. The highest BCUT2D eigenvalue weighted by atomic mass is 16.6. The second kappa shape index (κ2) is 4.38. The quantitative estimate of drug-likeness (QED) is 0.766. The topological polar surface area (TPSA) is 77.2 Å². The summed E-state index contributed by atoms with van der Waals surface area (Å²) in [4.78, 5) is 15.4. The number of carbonyl (C=O) groups excluding carboxylic acids is 1. The van der Waals surface area contributed by atoms with Crippen LogP contribution in [0.4, 0.5) is 16.2 Å². The Kier molecular flexibility index (Phi) is 3.37. The molecule has 0 aromatic carbocycles. The van der Waals surface area contributed by atoms with Gasteiger partial charge in [0, 0.05) is 0 Å². The molecule has 0 fully saturated rings. The number of carbonyl (C=O) groups is 1. The number of rotatable bonds is 1. The van der Waals surface area contributed by atoms with Crippen molar-refractivity contribution in [2.24, 2.45) is 0 Å². The molecule has 0 bridgehead atoms. The third-order valence-corrected chi connectivity index (χ3v) is 1.89. The van der Waals surface area contributed by atoms with Gasteiger partial charge in [0.05, 0.1) is 23.8 Å². The zero-order chi connectivity index (χ0) is 12.3. The van der Waals surface area contributed by atoms with E-state index in [2.05, 4.69) is 10.3 Å². The first kappa shape index (κ1) is 12.3. The highest BCUT2D eigenvalue weighted by Crippen LogP contribution is 2.19. The lowest BCUT2D eigenvalue weighted by molar-refractivity contribution is 0.0636. The van der Waals surface area contributed by atoms with E-state index in [-0.39, 0.29) is 0 Å². The van der Waals surface area contributed by atoms with Crippen molar-refractivity contribution in [3.8, 4) is 0 Å². The standard InChI is InChI=1S/C11H17N3O2/c1-7-8(12)5-13-6-9(7)14-10(15)16-11(2,3)4/h5-6H,12H2,1-4H3,(H,14,15). The van der Waals surface area contributed by atoms with E-state index < -0.39 is 11.7 Å². The number of nitrogens with one attached hydrogen (secondary N) is 1. The predicted octanol–water partition coefficient (Wildman–Crippen LogP) is 2.32. The maximum Gasteiger partial charge on any atom is 0.412 e. The molecule has 0 aliphatic heterocycles. The lowest BCUT2D eigenvalue weighted by Gasteiger charge is -2.20. The summed E-state index contributed by atoms with van der Waals surface area (Å²) in [5, 5.41) is 2.60. The molecule has 1 aromatic rings. The van der Waals surface area contributed by atoms with Gasteiger partial charge >= 0.3 is 6.09 Å². The Morgan fingerprint density at radius 1 is 1.44 bits per heavy atom. The van der Waals surface area contributed by atoms with Crippen LogP contribution in [-0.2, 0) is 4.74 Å². The Morgan fingerprint density at radius 2 is 2.06 bits per heavy atom. The van der Waals surface area contributed by atoms with E-state index in [0.717, 1.165) is 5.56 Å². The maximum absolute atomic E-state index is 11.5. The number of hydrogen-bond donors (Lipinski definition) is 2. The fraction of sp³-hybridized carbons (Fsp3) is 0.455. The van der Waals surface area contributed by atoms with Crippen LogP contribution in [0.3, 0.4) is 0 Å².